The summed E-state index contributed by atoms with van der Waals surface area (Å²) in [6.45, 7) is 1.72. The summed E-state index contributed by atoms with van der Waals surface area (Å²) in [7, 11) is 0. The second-order valence-corrected chi connectivity index (χ2v) is 6.38. The largest absolute Gasteiger partial charge is 0.447 e. The van der Waals surface area contributed by atoms with Gasteiger partial charge in [-0.2, -0.15) is 0 Å². The highest BCUT2D eigenvalue weighted by molar-refractivity contribution is 7.10. The molecule has 0 unspecified atom stereocenters. The predicted octanol–water partition coefficient (Wildman–Crippen LogP) is 3.51. The van der Waals surface area contributed by atoms with Crippen LogP contribution in [0.4, 0.5) is 5.82 Å². The average molecular weight is 356 g/mol. The zero-order chi connectivity index (χ0) is 17.6. The summed E-state index contributed by atoms with van der Waals surface area (Å²) in [6.07, 6.45) is -0.942. The third-order valence-electron chi connectivity index (χ3n) is 3.37. The quantitative estimate of drug-likeness (QED) is 0.684. The number of aromatic nitrogens is 1. The first-order valence-electron chi connectivity index (χ1n) is 7.63. The molecule has 0 bridgehead atoms. The number of ether oxygens (including phenoxy) is 1. The lowest BCUT2D eigenvalue weighted by Gasteiger charge is -2.17. The summed E-state index contributed by atoms with van der Waals surface area (Å²) in [5, 5.41) is 8.22. The van der Waals surface area contributed by atoms with Crippen molar-refractivity contribution in [2.24, 2.45) is 0 Å². The summed E-state index contributed by atoms with van der Waals surface area (Å²) in [4.78, 5) is 25.7. The van der Waals surface area contributed by atoms with Gasteiger partial charge in [-0.3, -0.25) is 9.59 Å². The highest BCUT2D eigenvalue weighted by atomic mass is 32.1. The molecule has 0 radical (unpaired) electrons. The summed E-state index contributed by atoms with van der Waals surface area (Å²) in [6, 6.07) is 14.2. The van der Waals surface area contributed by atoms with Gasteiger partial charge in [0.05, 0.1) is 6.42 Å². The molecule has 0 fully saturated rings. The van der Waals surface area contributed by atoms with Crippen molar-refractivity contribution in [2.75, 3.05) is 5.32 Å². The van der Waals surface area contributed by atoms with E-state index in [0.29, 0.717) is 11.3 Å². The Kier molecular flexibility index (Phi) is 5.25. The molecule has 2 heterocycles. The Labute approximate surface area is 148 Å². The van der Waals surface area contributed by atoms with Crippen LogP contribution in [0.25, 0.3) is 0 Å². The first kappa shape index (κ1) is 16.9. The Hall–Kier alpha value is -2.93. The van der Waals surface area contributed by atoms with Crippen molar-refractivity contribution in [3.63, 3.8) is 0 Å². The maximum absolute atomic E-state index is 12.6. The van der Waals surface area contributed by atoms with E-state index in [1.54, 1.807) is 37.3 Å². The van der Waals surface area contributed by atoms with Crippen LogP contribution in [0.3, 0.4) is 0 Å². The molecule has 6 nitrogen and oxygen atoms in total. The minimum absolute atomic E-state index is 0.122. The molecule has 0 aliphatic rings. The minimum atomic E-state index is -1.06. The van der Waals surface area contributed by atoms with E-state index in [2.05, 4.69) is 10.5 Å². The predicted molar refractivity (Wildman–Crippen MR) is 93.2 cm³/mol. The number of anilines is 1. The van der Waals surface area contributed by atoms with Crippen molar-refractivity contribution in [1.29, 1.82) is 0 Å². The lowest BCUT2D eigenvalue weighted by atomic mass is 10.1. The van der Waals surface area contributed by atoms with Crippen LogP contribution in [-0.4, -0.2) is 17.0 Å². The van der Waals surface area contributed by atoms with Crippen LogP contribution in [0.5, 0.6) is 0 Å². The van der Waals surface area contributed by atoms with Gasteiger partial charge in [0.1, 0.15) is 5.76 Å². The molecule has 2 aromatic heterocycles. The van der Waals surface area contributed by atoms with Gasteiger partial charge >= 0.3 is 5.97 Å². The van der Waals surface area contributed by atoms with E-state index >= 15 is 0 Å². The molecule has 1 amide bonds. The van der Waals surface area contributed by atoms with Crippen LogP contribution in [0.2, 0.25) is 0 Å². The molecule has 1 atom stereocenters. The number of rotatable bonds is 6. The minimum Gasteiger partial charge on any atom is -0.447 e. The molecule has 0 saturated carbocycles. The molecule has 3 rings (SSSR count). The maximum Gasteiger partial charge on any atom is 0.312 e. The first-order valence-corrected chi connectivity index (χ1v) is 8.51. The van der Waals surface area contributed by atoms with Crippen LogP contribution >= 0.6 is 11.3 Å². The third kappa shape index (κ3) is 4.54. The molecule has 128 valence electrons. The average Bonchev–Trinajstić information content (AvgIpc) is 3.25. The van der Waals surface area contributed by atoms with Crippen molar-refractivity contribution in [3.8, 4) is 0 Å². The number of esters is 1. The van der Waals surface area contributed by atoms with Crippen LogP contribution in [0, 0.1) is 6.92 Å². The molecule has 25 heavy (non-hydrogen) atoms. The van der Waals surface area contributed by atoms with Crippen molar-refractivity contribution < 1.29 is 18.8 Å². The van der Waals surface area contributed by atoms with E-state index in [1.165, 1.54) is 11.3 Å². The number of hydrogen-bond donors (Lipinski definition) is 1. The van der Waals surface area contributed by atoms with E-state index in [4.69, 9.17) is 9.26 Å². The van der Waals surface area contributed by atoms with Gasteiger partial charge in [0, 0.05) is 16.5 Å². The molecule has 1 aromatic carbocycles. The molecule has 0 spiro atoms. The third-order valence-corrected chi connectivity index (χ3v) is 4.24. The van der Waals surface area contributed by atoms with Crippen molar-refractivity contribution >= 4 is 29.0 Å². The fraction of sp³-hybridized carbons (Fsp3) is 0.167. The van der Waals surface area contributed by atoms with Gasteiger partial charge in [0.25, 0.3) is 5.91 Å². The van der Waals surface area contributed by atoms with Gasteiger partial charge in [-0.05, 0) is 18.4 Å². The molecule has 0 aliphatic heterocycles. The summed E-state index contributed by atoms with van der Waals surface area (Å²) < 4.78 is 10.4. The smallest absolute Gasteiger partial charge is 0.312 e. The zero-order valence-corrected chi connectivity index (χ0v) is 14.3. The Morgan fingerprint density at radius 1 is 1.24 bits per heavy atom. The Morgan fingerprint density at radius 2 is 2.04 bits per heavy atom. The number of aryl methyl sites for hydroxylation is 1. The summed E-state index contributed by atoms with van der Waals surface area (Å²) >= 11 is 1.46. The van der Waals surface area contributed by atoms with Gasteiger partial charge in [0.15, 0.2) is 5.82 Å². The van der Waals surface area contributed by atoms with E-state index in [0.717, 1.165) is 4.88 Å². The molecule has 7 heteroatoms. The molecule has 0 saturated heterocycles. The highest BCUT2D eigenvalue weighted by Crippen LogP contribution is 2.21. The molecule has 0 aliphatic carbocycles. The number of hydrogen-bond acceptors (Lipinski definition) is 6. The van der Waals surface area contributed by atoms with Crippen LogP contribution in [-0.2, 0) is 20.7 Å². The fourth-order valence-corrected chi connectivity index (χ4v) is 2.94. The lowest BCUT2D eigenvalue weighted by Crippen LogP contribution is -2.26. The fourth-order valence-electron chi connectivity index (χ4n) is 2.25. The van der Waals surface area contributed by atoms with Crippen molar-refractivity contribution in [2.45, 2.75) is 19.4 Å². The van der Waals surface area contributed by atoms with Crippen LogP contribution < -0.4 is 5.32 Å². The van der Waals surface area contributed by atoms with E-state index < -0.39 is 18.0 Å². The van der Waals surface area contributed by atoms with E-state index in [1.807, 2.05) is 23.6 Å². The second kappa shape index (κ2) is 7.76. The van der Waals surface area contributed by atoms with E-state index in [9.17, 15) is 9.59 Å². The Morgan fingerprint density at radius 3 is 2.68 bits per heavy atom. The van der Waals surface area contributed by atoms with Crippen LogP contribution in [0.15, 0.2) is 58.4 Å². The Bertz CT molecular complexity index is 843. The van der Waals surface area contributed by atoms with E-state index in [-0.39, 0.29) is 12.2 Å². The van der Waals surface area contributed by atoms with Crippen molar-refractivity contribution in [3.05, 3.63) is 70.1 Å². The number of nitrogens with zero attached hydrogens (tertiary/aromatic N) is 1. The first-order chi connectivity index (χ1) is 12.1. The monoisotopic (exact) mass is 356 g/mol. The molecular weight excluding hydrogens is 340 g/mol. The number of benzene rings is 1. The van der Waals surface area contributed by atoms with Gasteiger partial charge in [-0.25, -0.2) is 0 Å². The van der Waals surface area contributed by atoms with Crippen molar-refractivity contribution in [1.82, 2.24) is 5.16 Å². The van der Waals surface area contributed by atoms with Gasteiger partial charge in [-0.1, -0.05) is 41.6 Å². The molecule has 1 N–H and O–H groups in total. The topological polar surface area (TPSA) is 81.4 Å². The molecular formula is C18H16N2O4S. The number of carbonyl (C=O) groups excluding carboxylic acids is 2. The van der Waals surface area contributed by atoms with Gasteiger partial charge in [-0.15, -0.1) is 11.3 Å². The highest BCUT2D eigenvalue weighted by Gasteiger charge is 2.26. The SMILES string of the molecule is Cc1cc(NC(=O)[C@@H](OC(=O)Cc2cccs2)c2ccccc2)no1. The number of thiophene rings is 1. The number of amides is 1. The Balaban J connectivity index is 1.75. The summed E-state index contributed by atoms with van der Waals surface area (Å²) in [5.41, 5.74) is 0.583. The maximum atomic E-state index is 12.6. The van der Waals surface area contributed by atoms with Gasteiger partial charge < -0.3 is 14.6 Å². The van der Waals surface area contributed by atoms with Gasteiger partial charge in [0.2, 0.25) is 6.10 Å². The normalized spacial score (nSPS) is 11.7. The second-order valence-electron chi connectivity index (χ2n) is 5.35. The summed E-state index contributed by atoms with van der Waals surface area (Å²) in [5.74, 6) is -0.110. The zero-order valence-electron chi connectivity index (χ0n) is 13.5. The molecule has 3 aromatic rings. The van der Waals surface area contributed by atoms with Crippen LogP contribution in [0.1, 0.15) is 22.3 Å². The lowest BCUT2D eigenvalue weighted by molar-refractivity contribution is -0.154. The standard InChI is InChI=1S/C18H16N2O4S/c1-12-10-15(20-24-12)19-18(22)17(13-6-3-2-4-7-13)23-16(21)11-14-8-5-9-25-14/h2-10,17H,11H2,1H3,(H,19,20,22)/t17-/m0/s1. The number of carbonyl (C=O) groups is 2. The number of nitrogens with one attached hydrogen (secondary N) is 1.